The normalized spacial score (nSPS) is 31.0. The molecular formula is C10H22N2. The van der Waals surface area contributed by atoms with Gasteiger partial charge in [0, 0.05) is 12.1 Å². The standard InChI is InChI=1S/C10H22N2/c1-8(2)7-12-10-6-4-3-5-9(10)11/h8-10,12H,3-7,11H2,1-2H3/t9-,10-/m1/s1. The van der Waals surface area contributed by atoms with E-state index < -0.39 is 0 Å². The number of nitrogens with two attached hydrogens (primary N) is 1. The average molecular weight is 170 g/mol. The van der Waals surface area contributed by atoms with E-state index in [-0.39, 0.29) is 0 Å². The van der Waals surface area contributed by atoms with Crippen molar-refractivity contribution in [3.05, 3.63) is 0 Å². The van der Waals surface area contributed by atoms with Crippen LogP contribution in [0.15, 0.2) is 0 Å². The van der Waals surface area contributed by atoms with Gasteiger partial charge in [0.15, 0.2) is 0 Å². The van der Waals surface area contributed by atoms with Crippen molar-refractivity contribution in [2.24, 2.45) is 11.7 Å². The summed E-state index contributed by atoms with van der Waals surface area (Å²) in [6.07, 6.45) is 5.15. The van der Waals surface area contributed by atoms with Gasteiger partial charge in [-0.25, -0.2) is 0 Å². The van der Waals surface area contributed by atoms with Gasteiger partial charge in [-0.05, 0) is 25.3 Å². The molecule has 0 saturated heterocycles. The van der Waals surface area contributed by atoms with Gasteiger partial charge in [-0.3, -0.25) is 0 Å². The minimum Gasteiger partial charge on any atom is -0.326 e. The first-order valence-electron chi connectivity index (χ1n) is 5.19. The fourth-order valence-electron chi connectivity index (χ4n) is 1.80. The Balaban J connectivity index is 2.20. The smallest absolute Gasteiger partial charge is 0.0219 e. The van der Waals surface area contributed by atoms with Crippen molar-refractivity contribution < 1.29 is 0 Å². The van der Waals surface area contributed by atoms with E-state index in [1.807, 2.05) is 0 Å². The van der Waals surface area contributed by atoms with E-state index in [0.717, 1.165) is 12.5 Å². The van der Waals surface area contributed by atoms with Gasteiger partial charge in [-0.1, -0.05) is 26.7 Å². The summed E-state index contributed by atoms with van der Waals surface area (Å²) in [6, 6.07) is 0.985. The van der Waals surface area contributed by atoms with E-state index in [1.54, 1.807) is 0 Å². The largest absolute Gasteiger partial charge is 0.326 e. The molecule has 2 nitrogen and oxygen atoms in total. The van der Waals surface area contributed by atoms with Crippen molar-refractivity contribution in [1.29, 1.82) is 0 Å². The summed E-state index contributed by atoms with van der Waals surface area (Å²) in [7, 11) is 0. The van der Waals surface area contributed by atoms with Crippen LogP contribution in [0.3, 0.4) is 0 Å². The predicted molar refractivity (Wildman–Crippen MR) is 53.1 cm³/mol. The number of hydrogen-bond acceptors (Lipinski definition) is 2. The van der Waals surface area contributed by atoms with Crippen LogP contribution < -0.4 is 11.1 Å². The third-order valence-corrected chi connectivity index (χ3v) is 2.61. The van der Waals surface area contributed by atoms with Crippen molar-refractivity contribution in [2.45, 2.75) is 51.6 Å². The molecule has 2 heteroatoms. The lowest BCUT2D eigenvalue weighted by Crippen LogP contribution is -2.48. The van der Waals surface area contributed by atoms with E-state index in [2.05, 4.69) is 19.2 Å². The molecule has 0 heterocycles. The maximum Gasteiger partial charge on any atom is 0.0219 e. The second-order valence-corrected chi connectivity index (χ2v) is 4.36. The molecule has 12 heavy (non-hydrogen) atoms. The molecule has 0 aromatic rings. The van der Waals surface area contributed by atoms with Gasteiger partial charge in [-0.15, -0.1) is 0 Å². The SMILES string of the molecule is CC(C)CN[C@@H]1CCCC[C@H]1N. The van der Waals surface area contributed by atoms with Gasteiger partial charge in [0.2, 0.25) is 0 Å². The molecule has 2 atom stereocenters. The number of hydrogen-bond donors (Lipinski definition) is 2. The minimum atomic E-state index is 0.400. The van der Waals surface area contributed by atoms with Crippen molar-refractivity contribution >= 4 is 0 Å². The van der Waals surface area contributed by atoms with Crippen LogP contribution in [0, 0.1) is 5.92 Å². The lowest BCUT2D eigenvalue weighted by Gasteiger charge is -2.30. The summed E-state index contributed by atoms with van der Waals surface area (Å²) in [6.45, 7) is 5.58. The Labute approximate surface area is 75.9 Å². The predicted octanol–water partition coefficient (Wildman–Crippen LogP) is 1.50. The monoisotopic (exact) mass is 170 g/mol. The Morgan fingerprint density at radius 2 is 2.00 bits per heavy atom. The highest BCUT2D eigenvalue weighted by atomic mass is 15.0. The zero-order valence-corrected chi connectivity index (χ0v) is 8.34. The molecule has 0 aromatic carbocycles. The Kier molecular flexibility index (Phi) is 4.02. The molecule has 0 aromatic heterocycles. The Morgan fingerprint density at radius 3 is 2.58 bits per heavy atom. The highest BCUT2D eigenvalue weighted by Gasteiger charge is 2.20. The van der Waals surface area contributed by atoms with Gasteiger partial charge in [-0.2, -0.15) is 0 Å². The second-order valence-electron chi connectivity index (χ2n) is 4.36. The zero-order chi connectivity index (χ0) is 8.97. The Bertz CT molecular complexity index is 123. The second kappa shape index (κ2) is 4.83. The fourth-order valence-corrected chi connectivity index (χ4v) is 1.80. The third-order valence-electron chi connectivity index (χ3n) is 2.61. The Hall–Kier alpha value is -0.0800. The number of nitrogens with one attached hydrogen (secondary N) is 1. The molecule has 1 saturated carbocycles. The molecule has 1 fully saturated rings. The van der Waals surface area contributed by atoms with Crippen LogP contribution in [-0.2, 0) is 0 Å². The molecular weight excluding hydrogens is 148 g/mol. The van der Waals surface area contributed by atoms with Crippen molar-refractivity contribution in [3.63, 3.8) is 0 Å². The quantitative estimate of drug-likeness (QED) is 0.673. The van der Waals surface area contributed by atoms with E-state index in [4.69, 9.17) is 5.73 Å². The maximum atomic E-state index is 6.00. The van der Waals surface area contributed by atoms with Crippen LogP contribution in [0.2, 0.25) is 0 Å². The van der Waals surface area contributed by atoms with Gasteiger partial charge in [0.25, 0.3) is 0 Å². The van der Waals surface area contributed by atoms with Gasteiger partial charge in [0.05, 0.1) is 0 Å². The van der Waals surface area contributed by atoms with Crippen LogP contribution in [0.25, 0.3) is 0 Å². The molecule has 0 aliphatic heterocycles. The highest BCUT2D eigenvalue weighted by molar-refractivity contribution is 4.83. The summed E-state index contributed by atoms with van der Waals surface area (Å²) in [5.41, 5.74) is 6.00. The first-order chi connectivity index (χ1) is 5.70. The zero-order valence-electron chi connectivity index (χ0n) is 8.34. The molecule has 0 amide bonds. The maximum absolute atomic E-state index is 6.00. The lowest BCUT2D eigenvalue weighted by molar-refractivity contribution is 0.317. The molecule has 0 radical (unpaired) electrons. The van der Waals surface area contributed by atoms with E-state index in [1.165, 1.54) is 25.7 Å². The summed E-state index contributed by atoms with van der Waals surface area (Å²) < 4.78 is 0. The first kappa shape index (κ1) is 10.0. The molecule has 0 spiro atoms. The van der Waals surface area contributed by atoms with Gasteiger partial charge >= 0.3 is 0 Å². The topological polar surface area (TPSA) is 38.0 Å². The Morgan fingerprint density at radius 1 is 1.33 bits per heavy atom. The summed E-state index contributed by atoms with van der Waals surface area (Å²) >= 11 is 0. The number of rotatable bonds is 3. The lowest BCUT2D eigenvalue weighted by atomic mass is 9.91. The van der Waals surface area contributed by atoms with Crippen molar-refractivity contribution in [3.8, 4) is 0 Å². The van der Waals surface area contributed by atoms with Crippen molar-refractivity contribution in [1.82, 2.24) is 5.32 Å². The van der Waals surface area contributed by atoms with Gasteiger partial charge in [0.1, 0.15) is 0 Å². The molecule has 72 valence electrons. The van der Waals surface area contributed by atoms with Crippen molar-refractivity contribution in [2.75, 3.05) is 6.54 Å². The van der Waals surface area contributed by atoms with E-state index in [0.29, 0.717) is 12.1 Å². The average Bonchev–Trinajstić information content (AvgIpc) is 2.03. The highest BCUT2D eigenvalue weighted by Crippen LogP contribution is 2.16. The molecule has 1 rings (SSSR count). The summed E-state index contributed by atoms with van der Waals surface area (Å²) in [5, 5.41) is 3.55. The third kappa shape index (κ3) is 3.11. The fraction of sp³-hybridized carbons (Fsp3) is 1.00. The van der Waals surface area contributed by atoms with Crippen LogP contribution in [0.5, 0.6) is 0 Å². The minimum absolute atomic E-state index is 0.400. The summed E-state index contributed by atoms with van der Waals surface area (Å²) in [4.78, 5) is 0. The van der Waals surface area contributed by atoms with Crippen LogP contribution in [0.1, 0.15) is 39.5 Å². The van der Waals surface area contributed by atoms with Gasteiger partial charge < -0.3 is 11.1 Å². The molecule has 1 aliphatic rings. The molecule has 0 bridgehead atoms. The van der Waals surface area contributed by atoms with E-state index in [9.17, 15) is 0 Å². The molecule has 1 aliphatic carbocycles. The van der Waals surface area contributed by atoms with Crippen LogP contribution in [-0.4, -0.2) is 18.6 Å². The summed E-state index contributed by atoms with van der Waals surface area (Å²) in [5.74, 6) is 0.735. The molecule has 3 N–H and O–H groups in total. The van der Waals surface area contributed by atoms with Crippen LogP contribution >= 0.6 is 0 Å². The van der Waals surface area contributed by atoms with Crippen LogP contribution in [0.4, 0.5) is 0 Å². The first-order valence-corrected chi connectivity index (χ1v) is 5.19. The molecule has 0 unspecified atom stereocenters. The van der Waals surface area contributed by atoms with E-state index >= 15 is 0 Å².